The standard InChI is InChI=1S/C13H19F2NO/c1-5-13(3,17-4)12(16)10-9(14)7-6-8(2)11(10)15/h6-7,12H,5,16H2,1-4H3. The molecule has 0 heterocycles. The third-order valence-corrected chi connectivity index (χ3v) is 3.46. The van der Waals surface area contributed by atoms with Crippen LogP contribution >= 0.6 is 0 Å². The molecule has 1 aromatic carbocycles. The molecule has 0 aliphatic carbocycles. The average molecular weight is 243 g/mol. The highest BCUT2D eigenvalue weighted by Gasteiger charge is 2.34. The Morgan fingerprint density at radius 1 is 1.41 bits per heavy atom. The smallest absolute Gasteiger partial charge is 0.133 e. The van der Waals surface area contributed by atoms with Crippen LogP contribution in [0.3, 0.4) is 0 Å². The molecule has 0 aliphatic rings. The van der Waals surface area contributed by atoms with Crippen LogP contribution in [0.4, 0.5) is 8.78 Å². The van der Waals surface area contributed by atoms with E-state index in [2.05, 4.69) is 0 Å². The number of nitrogens with two attached hydrogens (primary N) is 1. The topological polar surface area (TPSA) is 35.2 Å². The summed E-state index contributed by atoms with van der Waals surface area (Å²) in [5.41, 5.74) is 5.46. The van der Waals surface area contributed by atoms with Crippen molar-refractivity contribution < 1.29 is 13.5 Å². The Morgan fingerprint density at radius 2 is 2.00 bits per heavy atom. The normalized spacial score (nSPS) is 16.6. The van der Waals surface area contributed by atoms with Gasteiger partial charge in [0.1, 0.15) is 11.6 Å². The van der Waals surface area contributed by atoms with E-state index >= 15 is 0 Å². The van der Waals surface area contributed by atoms with Crippen LogP contribution in [0.15, 0.2) is 12.1 Å². The monoisotopic (exact) mass is 243 g/mol. The lowest BCUT2D eigenvalue weighted by Crippen LogP contribution is -2.40. The summed E-state index contributed by atoms with van der Waals surface area (Å²) in [6.07, 6.45) is 0.567. The van der Waals surface area contributed by atoms with Crippen molar-refractivity contribution in [2.45, 2.75) is 38.8 Å². The fourth-order valence-electron chi connectivity index (χ4n) is 1.76. The molecule has 0 aromatic heterocycles. The first-order valence-corrected chi connectivity index (χ1v) is 5.62. The Bertz CT molecular complexity index is 403. The van der Waals surface area contributed by atoms with Crippen LogP contribution in [0.2, 0.25) is 0 Å². The second kappa shape index (κ2) is 5.10. The summed E-state index contributed by atoms with van der Waals surface area (Å²) in [5, 5.41) is 0. The van der Waals surface area contributed by atoms with Crippen LogP contribution in [-0.2, 0) is 4.74 Å². The van der Waals surface area contributed by atoms with E-state index in [1.54, 1.807) is 13.8 Å². The van der Waals surface area contributed by atoms with E-state index in [-0.39, 0.29) is 5.56 Å². The maximum Gasteiger partial charge on any atom is 0.133 e. The quantitative estimate of drug-likeness (QED) is 0.882. The SMILES string of the molecule is CCC(C)(OC)C(N)c1c(F)ccc(C)c1F. The first kappa shape index (κ1) is 14.1. The molecule has 0 saturated heterocycles. The zero-order valence-electron chi connectivity index (χ0n) is 10.7. The molecule has 0 bridgehead atoms. The van der Waals surface area contributed by atoms with Gasteiger partial charge in [0, 0.05) is 12.7 Å². The van der Waals surface area contributed by atoms with Gasteiger partial charge in [-0.25, -0.2) is 8.78 Å². The minimum absolute atomic E-state index is 0.101. The summed E-state index contributed by atoms with van der Waals surface area (Å²) >= 11 is 0. The van der Waals surface area contributed by atoms with E-state index in [9.17, 15) is 8.78 Å². The van der Waals surface area contributed by atoms with Crippen molar-refractivity contribution in [1.29, 1.82) is 0 Å². The summed E-state index contributed by atoms with van der Waals surface area (Å²) in [4.78, 5) is 0. The Labute approximate surface area is 101 Å². The van der Waals surface area contributed by atoms with Gasteiger partial charge >= 0.3 is 0 Å². The molecular formula is C13H19F2NO. The second-order valence-corrected chi connectivity index (χ2v) is 4.44. The van der Waals surface area contributed by atoms with Crippen LogP contribution in [0.25, 0.3) is 0 Å². The molecule has 0 aliphatic heterocycles. The van der Waals surface area contributed by atoms with Gasteiger partial charge in [0.2, 0.25) is 0 Å². The predicted molar refractivity (Wildman–Crippen MR) is 63.7 cm³/mol. The zero-order valence-corrected chi connectivity index (χ0v) is 10.7. The highest BCUT2D eigenvalue weighted by atomic mass is 19.1. The Kier molecular flexibility index (Phi) is 4.22. The third kappa shape index (κ3) is 2.48. The summed E-state index contributed by atoms with van der Waals surface area (Å²) < 4.78 is 32.9. The number of aryl methyl sites for hydroxylation is 1. The number of rotatable bonds is 4. The van der Waals surface area contributed by atoms with Crippen molar-refractivity contribution in [2.24, 2.45) is 5.73 Å². The summed E-state index contributed by atoms with van der Waals surface area (Å²) in [6.45, 7) is 5.20. The van der Waals surface area contributed by atoms with Crippen molar-refractivity contribution in [2.75, 3.05) is 7.11 Å². The number of benzene rings is 1. The van der Waals surface area contributed by atoms with E-state index in [1.807, 2.05) is 6.92 Å². The van der Waals surface area contributed by atoms with Gasteiger partial charge in [0.05, 0.1) is 11.6 Å². The van der Waals surface area contributed by atoms with Gasteiger partial charge in [0.25, 0.3) is 0 Å². The van der Waals surface area contributed by atoms with Crippen LogP contribution in [0.5, 0.6) is 0 Å². The van der Waals surface area contributed by atoms with Gasteiger partial charge < -0.3 is 10.5 Å². The van der Waals surface area contributed by atoms with Gasteiger partial charge in [-0.15, -0.1) is 0 Å². The summed E-state index contributed by atoms with van der Waals surface area (Å²) in [7, 11) is 1.50. The Balaban J connectivity index is 3.29. The van der Waals surface area contributed by atoms with Gasteiger partial charge in [-0.2, -0.15) is 0 Å². The van der Waals surface area contributed by atoms with Gasteiger partial charge in [-0.3, -0.25) is 0 Å². The van der Waals surface area contributed by atoms with E-state index in [1.165, 1.54) is 19.2 Å². The molecule has 96 valence electrons. The number of hydrogen-bond acceptors (Lipinski definition) is 2. The molecule has 0 radical (unpaired) electrons. The first-order valence-electron chi connectivity index (χ1n) is 5.62. The fraction of sp³-hybridized carbons (Fsp3) is 0.538. The Morgan fingerprint density at radius 3 is 2.47 bits per heavy atom. The number of hydrogen-bond donors (Lipinski definition) is 1. The molecule has 2 atom stereocenters. The molecule has 2 nitrogen and oxygen atoms in total. The van der Waals surface area contributed by atoms with Crippen molar-refractivity contribution in [1.82, 2.24) is 0 Å². The molecule has 0 spiro atoms. The van der Waals surface area contributed by atoms with E-state index in [0.717, 1.165) is 0 Å². The predicted octanol–water partition coefficient (Wildman–Crippen LogP) is 3.09. The van der Waals surface area contributed by atoms with Crippen molar-refractivity contribution >= 4 is 0 Å². The molecule has 0 amide bonds. The molecule has 4 heteroatoms. The lowest BCUT2D eigenvalue weighted by Gasteiger charge is -2.34. The molecule has 1 aromatic rings. The van der Waals surface area contributed by atoms with Gasteiger partial charge in [-0.05, 0) is 31.9 Å². The van der Waals surface area contributed by atoms with Crippen LogP contribution < -0.4 is 5.73 Å². The summed E-state index contributed by atoms with van der Waals surface area (Å²) in [6, 6.07) is 1.80. The minimum atomic E-state index is -0.836. The van der Waals surface area contributed by atoms with Gasteiger partial charge in [0.15, 0.2) is 0 Å². The van der Waals surface area contributed by atoms with Crippen LogP contribution in [0.1, 0.15) is 37.4 Å². The fourth-order valence-corrected chi connectivity index (χ4v) is 1.76. The number of ether oxygens (including phenoxy) is 1. The molecule has 2 unspecified atom stereocenters. The number of halogens is 2. The van der Waals surface area contributed by atoms with Crippen LogP contribution in [-0.4, -0.2) is 12.7 Å². The molecule has 0 fully saturated rings. The number of methoxy groups -OCH3 is 1. The maximum atomic E-state index is 13.9. The lowest BCUT2D eigenvalue weighted by atomic mass is 9.87. The Hall–Kier alpha value is -1.00. The average Bonchev–Trinajstić information content (AvgIpc) is 2.33. The molecular weight excluding hydrogens is 224 g/mol. The van der Waals surface area contributed by atoms with Crippen molar-refractivity contribution in [3.05, 3.63) is 34.9 Å². The second-order valence-electron chi connectivity index (χ2n) is 4.44. The molecule has 0 saturated carbocycles. The van der Waals surface area contributed by atoms with E-state index in [4.69, 9.17) is 10.5 Å². The maximum absolute atomic E-state index is 13.9. The largest absolute Gasteiger partial charge is 0.377 e. The highest BCUT2D eigenvalue weighted by Crippen LogP contribution is 2.33. The van der Waals surface area contributed by atoms with Gasteiger partial charge in [-0.1, -0.05) is 13.0 Å². The minimum Gasteiger partial charge on any atom is -0.377 e. The molecule has 2 N–H and O–H groups in total. The van der Waals surface area contributed by atoms with E-state index < -0.39 is 23.3 Å². The third-order valence-electron chi connectivity index (χ3n) is 3.46. The van der Waals surface area contributed by atoms with Crippen molar-refractivity contribution in [3.8, 4) is 0 Å². The highest BCUT2D eigenvalue weighted by molar-refractivity contribution is 5.30. The first-order chi connectivity index (χ1) is 7.87. The van der Waals surface area contributed by atoms with Crippen LogP contribution in [0, 0.1) is 18.6 Å². The van der Waals surface area contributed by atoms with Crippen molar-refractivity contribution in [3.63, 3.8) is 0 Å². The summed E-state index contributed by atoms with van der Waals surface area (Å²) in [5.74, 6) is -1.22. The molecule has 1 rings (SSSR count). The zero-order chi connectivity index (χ0) is 13.2. The van der Waals surface area contributed by atoms with E-state index in [0.29, 0.717) is 12.0 Å². The lowest BCUT2D eigenvalue weighted by molar-refractivity contribution is -0.0211. The molecule has 17 heavy (non-hydrogen) atoms.